The summed E-state index contributed by atoms with van der Waals surface area (Å²) >= 11 is 0. The van der Waals surface area contributed by atoms with E-state index in [0.29, 0.717) is 16.4 Å². The van der Waals surface area contributed by atoms with Crippen molar-refractivity contribution < 1.29 is 4.39 Å². The number of piperidine rings is 1. The topological polar surface area (TPSA) is 53.9 Å². The zero-order valence-corrected chi connectivity index (χ0v) is 14.4. The van der Waals surface area contributed by atoms with Crippen LogP contribution >= 0.6 is 0 Å². The Labute approximate surface area is 145 Å². The van der Waals surface area contributed by atoms with Crippen molar-refractivity contribution in [2.75, 3.05) is 18.0 Å². The van der Waals surface area contributed by atoms with E-state index in [1.807, 2.05) is 12.1 Å². The van der Waals surface area contributed by atoms with Gasteiger partial charge in [0, 0.05) is 24.2 Å². The highest BCUT2D eigenvalue weighted by Crippen LogP contribution is 2.32. The largest absolute Gasteiger partial charge is 0.371 e. The number of nitrogens with zero attached hydrogens (tertiary/aromatic N) is 3. The van der Waals surface area contributed by atoms with Gasteiger partial charge in [0.05, 0.1) is 11.9 Å². The van der Waals surface area contributed by atoms with E-state index in [9.17, 15) is 9.18 Å². The molecule has 0 atom stereocenters. The van der Waals surface area contributed by atoms with Crippen LogP contribution in [-0.2, 0) is 0 Å². The maximum Gasteiger partial charge on any atom is 0.285 e. The standard InChI is InChI=1S/C19H21FN4O/c1-19(2)7-9-23(10-8-19)14-3-5-15(6-4-14)24-17-13(12-21-24)11-16(20)18(25)22-17/h3-6,11-12H,7-10H2,1-2H3,(H,22,25). The second-order valence-electron chi connectivity index (χ2n) is 7.47. The van der Waals surface area contributed by atoms with Gasteiger partial charge >= 0.3 is 0 Å². The Bertz CT molecular complexity index is 961. The molecule has 1 aromatic carbocycles. The second-order valence-corrected chi connectivity index (χ2v) is 7.47. The molecule has 3 aromatic rings. The molecule has 3 heterocycles. The van der Waals surface area contributed by atoms with Gasteiger partial charge in [0.2, 0.25) is 0 Å². The number of aromatic amines is 1. The van der Waals surface area contributed by atoms with Crippen LogP contribution in [0.15, 0.2) is 41.3 Å². The smallest absolute Gasteiger partial charge is 0.285 e. The first kappa shape index (κ1) is 15.9. The van der Waals surface area contributed by atoms with E-state index in [-0.39, 0.29) is 0 Å². The lowest BCUT2D eigenvalue weighted by atomic mass is 9.82. The Morgan fingerprint density at radius 1 is 1.12 bits per heavy atom. The minimum atomic E-state index is -0.796. The van der Waals surface area contributed by atoms with Crippen LogP contribution in [0.4, 0.5) is 10.1 Å². The summed E-state index contributed by atoms with van der Waals surface area (Å²) in [5, 5.41) is 4.84. The van der Waals surface area contributed by atoms with Gasteiger partial charge in [-0.1, -0.05) is 13.8 Å². The molecule has 1 saturated heterocycles. The first-order chi connectivity index (χ1) is 11.9. The molecule has 25 heavy (non-hydrogen) atoms. The van der Waals surface area contributed by atoms with E-state index in [1.54, 1.807) is 10.9 Å². The van der Waals surface area contributed by atoms with E-state index in [1.165, 1.54) is 24.6 Å². The molecule has 2 aromatic heterocycles. The number of rotatable bonds is 2. The van der Waals surface area contributed by atoms with Crippen molar-refractivity contribution in [3.63, 3.8) is 0 Å². The number of fused-ring (bicyclic) bond motifs is 1. The third kappa shape index (κ3) is 2.92. The summed E-state index contributed by atoms with van der Waals surface area (Å²) in [4.78, 5) is 16.5. The number of hydrogen-bond donors (Lipinski definition) is 1. The third-order valence-electron chi connectivity index (χ3n) is 5.11. The predicted molar refractivity (Wildman–Crippen MR) is 96.9 cm³/mol. The quantitative estimate of drug-likeness (QED) is 0.777. The van der Waals surface area contributed by atoms with Crippen LogP contribution in [-0.4, -0.2) is 27.9 Å². The van der Waals surface area contributed by atoms with Gasteiger partial charge in [-0.05, 0) is 48.6 Å². The number of halogens is 1. The maximum atomic E-state index is 13.4. The Kier molecular flexibility index (Phi) is 3.63. The van der Waals surface area contributed by atoms with Gasteiger partial charge in [-0.3, -0.25) is 4.79 Å². The molecule has 0 saturated carbocycles. The molecule has 1 aliphatic heterocycles. The lowest BCUT2D eigenvalue weighted by Crippen LogP contribution is -2.37. The molecule has 1 fully saturated rings. The number of pyridine rings is 1. The van der Waals surface area contributed by atoms with E-state index < -0.39 is 11.4 Å². The van der Waals surface area contributed by atoms with Gasteiger partial charge in [-0.25, -0.2) is 9.07 Å². The van der Waals surface area contributed by atoms with Crippen LogP contribution in [0.2, 0.25) is 0 Å². The van der Waals surface area contributed by atoms with Crippen LogP contribution < -0.4 is 10.5 Å². The van der Waals surface area contributed by atoms with Crippen LogP contribution in [0.3, 0.4) is 0 Å². The normalized spacial score (nSPS) is 17.2. The molecule has 0 bridgehead atoms. The van der Waals surface area contributed by atoms with Gasteiger partial charge in [0.1, 0.15) is 5.65 Å². The zero-order valence-electron chi connectivity index (χ0n) is 14.4. The fraction of sp³-hybridized carbons (Fsp3) is 0.368. The molecule has 1 aliphatic rings. The van der Waals surface area contributed by atoms with Crippen LogP contribution in [0.25, 0.3) is 16.7 Å². The number of anilines is 1. The highest BCUT2D eigenvalue weighted by atomic mass is 19.1. The Hall–Kier alpha value is -2.63. The minimum absolute atomic E-state index is 0.422. The molecular weight excluding hydrogens is 319 g/mol. The van der Waals surface area contributed by atoms with Crippen molar-refractivity contribution in [2.45, 2.75) is 26.7 Å². The first-order valence-electron chi connectivity index (χ1n) is 8.55. The molecule has 4 rings (SSSR count). The van der Waals surface area contributed by atoms with Crippen molar-refractivity contribution in [3.8, 4) is 5.69 Å². The van der Waals surface area contributed by atoms with Crippen molar-refractivity contribution >= 4 is 16.7 Å². The summed E-state index contributed by atoms with van der Waals surface area (Å²) in [5.41, 5.74) is 2.21. The minimum Gasteiger partial charge on any atom is -0.371 e. The van der Waals surface area contributed by atoms with E-state index in [4.69, 9.17) is 0 Å². The molecule has 0 amide bonds. The number of aromatic nitrogens is 3. The summed E-state index contributed by atoms with van der Waals surface area (Å²) in [6.07, 6.45) is 3.92. The van der Waals surface area contributed by atoms with Crippen molar-refractivity contribution in [1.29, 1.82) is 0 Å². The third-order valence-corrected chi connectivity index (χ3v) is 5.11. The molecule has 1 N–H and O–H groups in total. The summed E-state index contributed by atoms with van der Waals surface area (Å²) < 4.78 is 15.0. The fourth-order valence-corrected chi connectivity index (χ4v) is 3.33. The van der Waals surface area contributed by atoms with Crippen LogP contribution in [0, 0.1) is 11.2 Å². The highest BCUT2D eigenvalue weighted by molar-refractivity contribution is 5.76. The Balaban J connectivity index is 1.63. The van der Waals surface area contributed by atoms with Crippen molar-refractivity contribution in [2.24, 2.45) is 5.41 Å². The van der Waals surface area contributed by atoms with E-state index in [2.05, 4.69) is 41.0 Å². The average Bonchev–Trinajstić information content (AvgIpc) is 2.98. The summed E-state index contributed by atoms with van der Waals surface area (Å²) in [6.45, 7) is 6.76. The number of benzene rings is 1. The Morgan fingerprint density at radius 2 is 1.76 bits per heavy atom. The van der Waals surface area contributed by atoms with Gasteiger partial charge in [0.25, 0.3) is 5.56 Å². The van der Waals surface area contributed by atoms with E-state index in [0.717, 1.165) is 18.8 Å². The monoisotopic (exact) mass is 340 g/mol. The van der Waals surface area contributed by atoms with Gasteiger partial charge in [-0.15, -0.1) is 0 Å². The molecular formula is C19H21FN4O. The fourth-order valence-electron chi connectivity index (χ4n) is 3.33. The molecule has 0 spiro atoms. The van der Waals surface area contributed by atoms with Crippen LogP contribution in [0.5, 0.6) is 0 Å². The number of nitrogens with one attached hydrogen (secondary N) is 1. The molecule has 0 aliphatic carbocycles. The molecule has 0 radical (unpaired) electrons. The second kappa shape index (κ2) is 5.72. The predicted octanol–water partition coefficient (Wildman–Crippen LogP) is 3.48. The van der Waals surface area contributed by atoms with Crippen LogP contribution in [0.1, 0.15) is 26.7 Å². The SMILES string of the molecule is CC1(C)CCN(c2ccc(-n3ncc4cc(F)c(=O)[nH]c43)cc2)CC1. The first-order valence-corrected chi connectivity index (χ1v) is 8.55. The average molecular weight is 340 g/mol. The number of H-pyrrole nitrogens is 1. The zero-order chi connectivity index (χ0) is 17.6. The number of hydrogen-bond acceptors (Lipinski definition) is 3. The molecule has 0 unspecified atom stereocenters. The summed E-state index contributed by atoms with van der Waals surface area (Å²) in [7, 11) is 0. The van der Waals surface area contributed by atoms with Crippen molar-refractivity contribution in [1.82, 2.24) is 14.8 Å². The highest BCUT2D eigenvalue weighted by Gasteiger charge is 2.25. The van der Waals surface area contributed by atoms with Gasteiger partial charge < -0.3 is 9.88 Å². The van der Waals surface area contributed by atoms with Crippen molar-refractivity contribution in [3.05, 3.63) is 52.7 Å². The van der Waals surface area contributed by atoms with Gasteiger partial charge in [0.15, 0.2) is 5.82 Å². The summed E-state index contributed by atoms with van der Waals surface area (Å²) in [5.74, 6) is -0.796. The molecule has 5 nitrogen and oxygen atoms in total. The maximum absolute atomic E-state index is 13.4. The van der Waals surface area contributed by atoms with Gasteiger partial charge in [-0.2, -0.15) is 5.10 Å². The Morgan fingerprint density at radius 3 is 2.44 bits per heavy atom. The lowest BCUT2D eigenvalue weighted by molar-refractivity contribution is 0.280. The summed E-state index contributed by atoms with van der Waals surface area (Å²) in [6, 6.07) is 9.31. The molecule has 130 valence electrons. The lowest BCUT2D eigenvalue weighted by Gasteiger charge is -2.38. The van der Waals surface area contributed by atoms with E-state index >= 15 is 0 Å². The molecule has 6 heteroatoms.